The zero-order chi connectivity index (χ0) is 21.0. The molecule has 31 heavy (non-hydrogen) atoms. The summed E-state index contributed by atoms with van der Waals surface area (Å²) >= 11 is 0. The molecule has 0 atom stereocenters. The lowest BCUT2D eigenvalue weighted by Crippen LogP contribution is -2.34. The van der Waals surface area contributed by atoms with E-state index < -0.39 is 0 Å². The Kier molecular flexibility index (Phi) is 5.41. The van der Waals surface area contributed by atoms with Gasteiger partial charge in [0.05, 0.1) is 11.2 Å². The smallest absolute Gasteiger partial charge is 0.227 e. The molecule has 1 aliphatic heterocycles. The van der Waals surface area contributed by atoms with Gasteiger partial charge in [-0.3, -0.25) is 4.98 Å². The molecule has 0 unspecified atom stereocenters. The first kappa shape index (κ1) is 19.4. The van der Waals surface area contributed by atoms with Gasteiger partial charge in [-0.05, 0) is 62.3 Å². The van der Waals surface area contributed by atoms with E-state index in [1.54, 1.807) is 24.5 Å². The van der Waals surface area contributed by atoms with Gasteiger partial charge >= 0.3 is 0 Å². The molecule has 7 heteroatoms. The predicted molar refractivity (Wildman–Crippen MR) is 119 cm³/mol. The highest BCUT2D eigenvalue weighted by molar-refractivity contribution is 5.87. The highest BCUT2D eigenvalue weighted by atomic mass is 19.1. The fraction of sp³-hybridized carbons (Fsp3) is 0.208. The molecule has 0 spiro atoms. The van der Waals surface area contributed by atoms with E-state index in [-0.39, 0.29) is 11.9 Å². The molecule has 6 nitrogen and oxygen atoms in total. The Morgan fingerprint density at radius 2 is 1.90 bits per heavy atom. The van der Waals surface area contributed by atoms with Crippen LogP contribution in [0.15, 0.2) is 67.0 Å². The zero-order valence-electron chi connectivity index (χ0n) is 16.9. The number of hydrogen-bond donors (Lipinski definition) is 2. The molecule has 3 heterocycles. The van der Waals surface area contributed by atoms with Gasteiger partial charge in [0.25, 0.3) is 0 Å². The van der Waals surface area contributed by atoms with Crippen LogP contribution in [-0.2, 0) is 0 Å². The van der Waals surface area contributed by atoms with Crippen molar-refractivity contribution in [1.29, 1.82) is 0 Å². The lowest BCUT2D eigenvalue weighted by molar-refractivity contribution is 0.163. The van der Waals surface area contributed by atoms with Gasteiger partial charge in [-0.15, -0.1) is 0 Å². The highest BCUT2D eigenvalue weighted by Gasteiger charge is 2.18. The summed E-state index contributed by atoms with van der Waals surface area (Å²) in [6, 6.07) is 16.0. The van der Waals surface area contributed by atoms with Crippen LogP contribution in [0.5, 0.6) is 5.75 Å². The molecule has 5 rings (SSSR count). The standard InChI is InChI=1S/C24H22FN5O/c25-17-4-3-5-18(13-17)29-24-28-15-16-12-20(21-6-1-2-9-27-21)23(14-22(16)30-24)31-19-7-10-26-11-8-19/h1-6,9,12-15,19,26H,7-8,10-11H2,(H,28,29,30). The van der Waals surface area contributed by atoms with Crippen LogP contribution in [0.3, 0.4) is 0 Å². The summed E-state index contributed by atoms with van der Waals surface area (Å²) in [6.07, 6.45) is 5.58. The summed E-state index contributed by atoms with van der Waals surface area (Å²) in [4.78, 5) is 13.5. The minimum atomic E-state index is -0.316. The van der Waals surface area contributed by atoms with Crippen molar-refractivity contribution < 1.29 is 9.13 Å². The summed E-state index contributed by atoms with van der Waals surface area (Å²) in [6.45, 7) is 1.89. The molecule has 0 saturated carbocycles. The van der Waals surface area contributed by atoms with Crippen molar-refractivity contribution in [2.45, 2.75) is 18.9 Å². The summed E-state index contributed by atoms with van der Waals surface area (Å²) < 4.78 is 19.9. The van der Waals surface area contributed by atoms with Crippen molar-refractivity contribution >= 4 is 22.5 Å². The fourth-order valence-corrected chi connectivity index (χ4v) is 3.73. The first-order valence-electron chi connectivity index (χ1n) is 10.4. The number of hydrogen-bond acceptors (Lipinski definition) is 6. The van der Waals surface area contributed by atoms with Gasteiger partial charge in [-0.2, -0.15) is 0 Å². The molecule has 156 valence electrons. The van der Waals surface area contributed by atoms with E-state index in [9.17, 15) is 4.39 Å². The predicted octanol–water partition coefficient (Wildman–Crippen LogP) is 4.71. The molecule has 1 aliphatic rings. The average Bonchev–Trinajstić information content (AvgIpc) is 2.80. The number of ether oxygens (including phenoxy) is 1. The fourth-order valence-electron chi connectivity index (χ4n) is 3.73. The second kappa shape index (κ2) is 8.65. The third-order valence-corrected chi connectivity index (χ3v) is 5.28. The van der Waals surface area contributed by atoms with E-state index in [0.29, 0.717) is 11.6 Å². The van der Waals surface area contributed by atoms with Crippen molar-refractivity contribution in [3.63, 3.8) is 0 Å². The Balaban J connectivity index is 1.53. The monoisotopic (exact) mass is 415 g/mol. The number of benzene rings is 2. The van der Waals surface area contributed by atoms with Crippen molar-refractivity contribution in [2.75, 3.05) is 18.4 Å². The van der Waals surface area contributed by atoms with Gasteiger partial charge in [-0.25, -0.2) is 14.4 Å². The van der Waals surface area contributed by atoms with Crippen LogP contribution < -0.4 is 15.4 Å². The molecular formula is C24H22FN5O. The minimum absolute atomic E-state index is 0.146. The number of pyridine rings is 1. The molecule has 0 bridgehead atoms. The third-order valence-electron chi connectivity index (χ3n) is 5.28. The number of anilines is 2. The quantitative estimate of drug-likeness (QED) is 0.492. The van der Waals surface area contributed by atoms with E-state index in [4.69, 9.17) is 4.74 Å². The van der Waals surface area contributed by atoms with Crippen LogP contribution in [0.2, 0.25) is 0 Å². The molecule has 4 aromatic rings. The van der Waals surface area contributed by atoms with Crippen LogP contribution in [0, 0.1) is 5.82 Å². The Hall–Kier alpha value is -3.58. The SMILES string of the molecule is Fc1cccc(Nc2ncc3cc(-c4ccccn4)c(OC4CCNCC4)cc3n2)c1. The maximum atomic E-state index is 13.5. The van der Waals surface area contributed by atoms with E-state index >= 15 is 0 Å². The van der Waals surface area contributed by atoms with E-state index in [0.717, 1.165) is 53.8 Å². The highest BCUT2D eigenvalue weighted by Crippen LogP contribution is 2.34. The van der Waals surface area contributed by atoms with Gasteiger partial charge in [0, 0.05) is 35.1 Å². The molecule has 1 saturated heterocycles. The number of nitrogens with one attached hydrogen (secondary N) is 2. The van der Waals surface area contributed by atoms with Gasteiger partial charge in [-0.1, -0.05) is 12.1 Å². The van der Waals surface area contributed by atoms with Crippen molar-refractivity contribution in [2.24, 2.45) is 0 Å². The van der Waals surface area contributed by atoms with Gasteiger partial charge in [0.2, 0.25) is 5.95 Å². The second-order valence-corrected chi connectivity index (χ2v) is 7.52. The summed E-state index contributed by atoms with van der Waals surface area (Å²) in [5, 5.41) is 7.30. The molecule has 1 fully saturated rings. The van der Waals surface area contributed by atoms with E-state index in [2.05, 4.69) is 25.6 Å². The van der Waals surface area contributed by atoms with Gasteiger partial charge in [0.15, 0.2) is 0 Å². The number of rotatable bonds is 5. The summed E-state index contributed by atoms with van der Waals surface area (Å²) in [5.74, 6) is 0.841. The third kappa shape index (κ3) is 4.46. The topological polar surface area (TPSA) is 72.0 Å². The number of piperidine rings is 1. The normalized spacial score (nSPS) is 14.5. The van der Waals surface area contributed by atoms with Gasteiger partial charge < -0.3 is 15.4 Å². The van der Waals surface area contributed by atoms with Crippen LogP contribution in [0.4, 0.5) is 16.0 Å². The molecule has 0 radical (unpaired) electrons. The minimum Gasteiger partial charge on any atom is -0.490 e. The number of nitrogens with zero attached hydrogens (tertiary/aromatic N) is 3. The maximum absolute atomic E-state index is 13.5. The lowest BCUT2D eigenvalue weighted by Gasteiger charge is -2.25. The number of halogens is 1. The Labute approximate surface area is 179 Å². The molecule has 0 aliphatic carbocycles. The summed E-state index contributed by atoms with van der Waals surface area (Å²) in [5.41, 5.74) is 3.10. The molecule has 2 aromatic carbocycles. The number of fused-ring (bicyclic) bond motifs is 1. The van der Waals surface area contributed by atoms with Gasteiger partial charge in [0.1, 0.15) is 17.7 Å². The first-order chi connectivity index (χ1) is 15.2. The van der Waals surface area contributed by atoms with E-state index in [1.165, 1.54) is 12.1 Å². The number of aromatic nitrogens is 3. The molecule has 2 aromatic heterocycles. The Bertz CT molecular complexity index is 1200. The summed E-state index contributed by atoms with van der Waals surface area (Å²) in [7, 11) is 0. The Morgan fingerprint density at radius 1 is 1.00 bits per heavy atom. The van der Waals surface area contributed by atoms with Crippen LogP contribution in [-0.4, -0.2) is 34.1 Å². The van der Waals surface area contributed by atoms with E-state index in [1.807, 2.05) is 30.3 Å². The molecule has 0 amide bonds. The molecule has 2 N–H and O–H groups in total. The zero-order valence-corrected chi connectivity index (χ0v) is 16.9. The van der Waals surface area contributed by atoms with Crippen molar-refractivity contribution in [3.05, 3.63) is 72.8 Å². The van der Waals surface area contributed by atoms with Crippen LogP contribution >= 0.6 is 0 Å². The van der Waals surface area contributed by atoms with Crippen LogP contribution in [0.25, 0.3) is 22.2 Å². The largest absolute Gasteiger partial charge is 0.490 e. The molecular weight excluding hydrogens is 393 g/mol. The Morgan fingerprint density at radius 3 is 2.71 bits per heavy atom. The second-order valence-electron chi connectivity index (χ2n) is 7.52. The van der Waals surface area contributed by atoms with Crippen molar-refractivity contribution in [1.82, 2.24) is 20.3 Å². The average molecular weight is 415 g/mol. The lowest BCUT2D eigenvalue weighted by atomic mass is 10.1. The first-order valence-corrected chi connectivity index (χ1v) is 10.4. The maximum Gasteiger partial charge on any atom is 0.227 e. The van der Waals surface area contributed by atoms with Crippen LogP contribution in [0.1, 0.15) is 12.8 Å². The van der Waals surface area contributed by atoms with Crippen molar-refractivity contribution in [3.8, 4) is 17.0 Å².